The Morgan fingerprint density at radius 1 is 1.21 bits per heavy atom. The summed E-state index contributed by atoms with van der Waals surface area (Å²) in [6, 6.07) is 8.69. The Kier molecular flexibility index (Phi) is 5.83. The first-order chi connectivity index (χ1) is 8.93. The van der Waals surface area contributed by atoms with Gasteiger partial charge in [0, 0.05) is 11.6 Å². The minimum atomic E-state index is 0.0422. The second-order valence-electron chi connectivity index (χ2n) is 5.69. The Bertz CT molecular complexity index is 371. The van der Waals surface area contributed by atoms with E-state index in [0.717, 1.165) is 18.8 Å². The fraction of sp³-hybridized carbons (Fsp3) is 0.625. The predicted molar refractivity (Wildman–Crippen MR) is 81.8 cm³/mol. The summed E-state index contributed by atoms with van der Waals surface area (Å²) in [4.78, 5) is 2.25. The number of hydrogen-bond donors (Lipinski definition) is 1. The first-order valence-corrected chi connectivity index (χ1v) is 7.01. The highest BCUT2D eigenvalue weighted by molar-refractivity contribution is 5.30. The molecule has 1 rings (SSSR count). The van der Waals surface area contributed by atoms with Crippen LogP contribution in [0.3, 0.4) is 0 Å². The van der Waals surface area contributed by atoms with Gasteiger partial charge in [-0.25, -0.2) is 0 Å². The maximum atomic E-state index is 5.63. The largest absolute Gasteiger partial charge is 0.494 e. The van der Waals surface area contributed by atoms with Crippen molar-refractivity contribution in [2.24, 2.45) is 0 Å². The van der Waals surface area contributed by atoms with Gasteiger partial charge in [-0.3, -0.25) is 0 Å². The van der Waals surface area contributed by atoms with E-state index in [2.05, 4.69) is 69.3 Å². The van der Waals surface area contributed by atoms with E-state index in [-0.39, 0.29) is 11.6 Å². The molecule has 0 bridgehead atoms. The normalized spacial score (nSPS) is 13.6. The van der Waals surface area contributed by atoms with E-state index in [1.54, 1.807) is 0 Å². The number of benzene rings is 1. The van der Waals surface area contributed by atoms with Crippen molar-refractivity contribution in [1.29, 1.82) is 0 Å². The van der Waals surface area contributed by atoms with E-state index in [0.29, 0.717) is 0 Å². The summed E-state index contributed by atoms with van der Waals surface area (Å²) in [7, 11) is 6.24. The highest BCUT2D eigenvalue weighted by Gasteiger charge is 2.31. The zero-order valence-corrected chi connectivity index (χ0v) is 13.2. The van der Waals surface area contributed by atoms with Gasteiger partial charge >= 0.3 is 0 Å². The van der Waals surface area contributed by atoms with Crippen LogP contribution in [0.1, 0.15) is 38.8 Å². The van der Waals surface area contributed by atoms with Gasteiger partial charge in [-0.05, 0) is 59.1 Å². The first kappa shape index (κ1) is 16.0. The Morgan fingerprint density at radius 2 is 1.79 bits per heavy atom. The van der Waals surface area contributed by atoms with Gasteiger partial charge in [0.15, 0.2) is 0 Å². The molecule has 0 aliphatic heterocycles. The topological polar surface area (TPSA) is 24.5 Å². The van der Waals surface area contributed by atoms with Crippen molar-refractivity contribution in [3.63, 3.8) is 0 Å². The molecule has 3 heteroatoms. The van der Waals surface area contributed by atoms with Crippen LogP contribution in [0.15, 0.2) is 24.3 Å². The predicted octanol–water partition coefficient (Wildman–Crippen LogP) is 3.08. The quantitative estimate of drug-likeness (QED) is 0.819. The average molecular weight is 264 g/mol. The van der Waals surface area contributed by atoms with Gasteiger partial charge in [-0.2, -0.15) is 0 Å². The molecule has 0 spiro atoms. The molecule has 0 radical (unpaired) electrons. The standard InChI is InChI=1S/C16H28N2O/c1-7-12-19-14-10-8-13(9-11-14)15(17-4)16(2,3)18(5)6/h8-11,15,17H,7,12H2,1-6H3. The summed E-state index contributed by atoms with van der Waals surface area (Å²) >= 11 is 0. The second-order valence-corrected chi connectivity index (χ2v) is 5.69. The molecule has 1 N–H and O–H groups in total. The molecule has 0 saturated carbocycles. The van der Waals surface area contributed by atoms with Gasteiger partial charge in [-0.15, -0.1) is 0 Å². The minimum Gasteiger partial charge on any atom is -0.494 e. The molecule has 0 saturated heterocycles. The lowest BCUT2D eigenvalue weighted by Gasteiger charge is -2.40. The molecule has 0 fully saturated rings. The van der Waals surface area contributed by atoms with Crippen LogP contribution in [0.5, 0.6) is 5.75 Å². The van der Waals surface area contributed by atoms with E-state index in [1.165, 1.54) is 5.56 Å². The summed E-state index contributed by atoms with van der Waals surface area (Å²) in [5, 5.41) is 3.42. The molecule has 3 nitrogen and oxygen atoms in total. The van der Waals surface area contributed by atoms with Crippen LogP contribution >= 0.6 is 0 Å². The van der Waals surface area contributed by atoms with Crippen molar-refractivity contribution < 1.29 is 4.74 Å². The molecule has 1 aromatic carbocycles. The van der Waals surface area contributed by atoms with Gasteiger partial charge in [-0.1, -0.05) is 19.1 Å². The van der Waals surface area contributed by atoms with Crippen molar-refractivity contribution in [3.8, 4) is 5.75 Å². The van der Waals surface area contributed by atoms with Gasteiger partial charge in [0.2, 0.25) is 0 Å². The van der Waals surface area contributed by atoms with E-state index >= 15 is 0 Å². The Labute approximate surface area is 118 Å². The van der Waals surface area contributed by atoms with Crippen LogP contribution < -0.4 is 10.1 Å². The molecule has 0 aliphatic carbocycles. The minimum absolute atomic E-state index is 0.0422. The Balaban J connectivity index is 2.88. The maximum absolute atomic E-state index is 5.63. The van der Waals surface area contributed by atoms with Crippen molar-refractivity contribution >= 4 is 0 Å². The summed E-state index contributed by atoms with van der Waals surface area (Å²) in [6.45, 7) is 7.38. The van der Waals surface area contributed by atoms with Crippen molar-refractivity contribution in [3.05, 3.63) is 29.8 Å². The average Bonchev–Trinajstić information content (AvgIpc) is 2.38. The fourth-order valence-corrected chi connectivity index (χ4v) is 2.16. The third-order valence-electron chi connectivity index (χ3n) is 3.83. The van der Waals surface area contributed by atoms with Crippen LogP contribution in [-0.4, -0.2) is 38.2 Å². The molecule has 1 aromatic rings. The van der Waals surface area contributed by atoms with Gasteiger partial charge in [0.1, 0.15) is 5.75 Å². The second kappa shape index (κ2) is 6.92. The van der Waals surface area contributed by atoms with Gasteiger partial charge < -0.3 is 15.0 Å². The zero-order valence-electron chi connectivity index (χ0n) is 13.2. The highest BCUT2D eigenvalue weighted by atomic mass is 16.5. The number of likely N-dealkylation sites (N-methyl/N-ethyl adjacent to an activating group) is 2. The van der Waals surface area contributed by atoms with Crippen LogP contribution in [0.4, 0.5) is 0 Å². The number of rotatable bonds is 7. The summed E-state index contributed by atoms with van der Waals surface area (Å²) < 4.78 is 5.63. The highest BCUT2D eigenvalue weighted by Crippen LogP contribution is 2.30. The lowest BCUT2D eigenvalue weighted by atomic mass is 9.87. The van der Waals surface area contributed by atoms with Crippen LogP contribution in [0.2, 0.25) is 0 Å². The van der Waals surface area contributed by atoms with Crippen molar-refractivity contribution in [2.75, 3.05) is 27.7 Å². The van der Waals surface area contributed by atoms with Crippen LogP contribution in [0.25, 0.3) is 0 Å². The van der Waals surface area contributed by atoms with E-state index < -0.39 is 0 Å². The number of nitrogens with zero attached hydrogens (tertiary/aromatic N) is 1. The van der Waals surface area contributed by atoms with E-state index in [4.69, 9.17) is 4.74 Å². The third-order valence-corrected chi connectivity index (χ3v) is 3.83. The Hall–Kier alpha value is -1.06. The van der Waals surface area contributed by atoms with Gasteiger partial charge in [0.05, 0.1) is 6.61 Å². The summed E-state index contributed by atoms with van der Waals surface area (Å²) in [5.74, 6) is 0.947. The molecule has 19 heavy (non-hydrogen) atoms. The van der Waals surface area contributed by atoms with Gasteiger partial charge in [0.25, 0.3) is 0 Å². The molecule has 0 amide bonds. The monoisotopic (exact) mass is 264 g/mol. The fourth-order valence-electron chi connectivity index (χ4n) is 2.16. The van der Waals surface area contributed by atoms with E-state index in [9.17, 15) is 0 Å². The summed E-state index contributed by atoms with van der Waals surface area (Å²) in [6.07, 6.45) is 1.04. The number of hydrogen-bond acceptors (Lipinski definition) is 3. The molecule has 1 atom stereocenters. The molecule has 108 valence electrons. The number of nitrogens with one attached hydrogen (secondary N) is 1. The van der Waals surface area contributed by atoms with E-state index in [1.807, 2.05) is 7.05 Å². The number of ether oxygens (including phenoxy) is 1. The smallest absolute Gasteiger partial charge is 0.119 e. The van der Waals surface area contributed by atoms with Crippen LogP contribution in [-0.2, 0) is 0 Å². The lowest BCUT2D eigenvalue weighted by Crippen LogP contribution is -2.48. The van der Waals surface area contributed by atoms with Crippen molar-refractivity contribution in [2.45, 2.75) is 38.8 Å². The lowest BCUT2D eigenvalue weighted by molar-refractivity contribution is 0.142. The molecule has 1 unspecified atom stereocenters. The zero-order chi connectivity index (χ0) is 14.5. The molecule has 0 aromatic heterocycles. The molecule has 0 aliphatic rings. The molecular formula is C16H28N2O. The molecule has 0 heterocycles. The molecular weight excluding hydrogens is 236 g/mol. The Morgan fingerprint density at radius 3 is 2.21 bits per heavy atom. The first-order valence-electron chi connectivity index (χ1n) is 7.01. The third kappa shape index (κ3) is 3.95. The maximum Gasteiger partial charge on any atom is 0.119 e. The van der Waals surface area contributed by atoms with Crippen LogP contribution in [0, 0.1) is 0 Å². The summed E-state index contributed by atoms with van der Waals surface area (Å²) in [5.41, 5.74) is 1.32. The SMILES string of the molecule is CCCOc1ccc(C(NC)C(C)(C)N(C)C)cc1. The van der Waals surface area contributed by atoms with Crippen molar-refractivity contribution in [1.82, 2.24) is 10.2 Å².